The molecule has 8 heteroatoms. The first kappa shape index (κ1) is 12.4. The van der Waals surface area contributed by atoms with Gasteiger partial charge in [-0.3, -0.25) is 4.40 Å². The fourth-order valence-electron chi connectivity index (χ4n) is 1.94. The Kier molecular flexibility index (Phi) is 2.92. The maximum atomic E-state index is 12.4. The van der Waals surface area contributed by atoms with Gasteiger partial charge < -0.3 is 5.43 Å². The number of nitrogen functional groups attached to an aromatic ring is 1. The summed E-state index contributed by atoms with van der Waals surface area (Å²) < 4.78 is 28.8. The lowest BCUT2D eigenvalue weighted by atomic mass is 10.4. The first-order chi connectivity index (χ1) is 9.12. The Morgan fingerprint density at radius 1 is 1.42 bits per heavy atom. The maximum absolute atomic E-state index is 12.4. The summed E-state index contributed by atoms with van der Waals surface area (Å²) in [6.07, 6.45) is 3.81. The van der Waals surface area contributed by atoms with Gasteiger partial charge in [-0.1, -0.05) is 6.07 Å². The highest BCUT2D eigenvalue weighted by Gasteiger charge is 2.28. The fourth-order valence-corrected chi connectivity index (χ4v) is 3.31. The smallest absolute Gasteiger partial charge is 0.260 e. The second-order valence-electron chi connectivity index (χ2n) is 4.63. The first-order valence-electron chi connectivity index (χ1n) is 6.05. The molecule has 0 spiro atoms. The van der Waals surface area contributed by atoms with E-state index in [-0.39, 0.29) is 10.8 Å². The Morgan fingerprint density at radius 3 is 2.89 bits per heavy atom. The Morgan fingerprint density at radius 2 is 2.21 bits per heavy atom. The molecule has 0 aliphatic heterocycles. The molecule has 102 valence electrons. The van der Waals surface area contributed by atoms with Crippen molar-refractivity contribution in [3.8, 4) is 0 Å². The Balaban J connectivity index is 2.06. The number of fused-ring (bicyclic) bond motifs is 1. The van der Waals surface area contributed by atoms with Crippen molar-refractivity contribution in [2.24, 2.45) is 11.8 Å². The molecule has 1 saturated carbocycles. The predicted octanol–water partition coefficient (Wildman–Crippen LogP) is 0.308. The van der Waals surface area contributed by atoms with Crippen molar-refractivity contribution in [1.29, 1.82) is 0 Å². The zero-order chi connectivity index (χ0) is 13.5. The summed E-state index contributed by atoms with van der Waals surface area (Å²) >= 11 is 0. The van der Waals surface area contributed by atoms with Gasteiger partial charge in [-0.15, -0.1) is 0 Å². The van der Waals surface area contributed by atoms with Gasteiger partial charge in [0.15, 0.2) is 10.8 Å². The van der Waals surface area contributed by atoms with E-state index in [4.69, 9.17) is 5.84 Å². The first-order valence-corrected chi connectivity index (χ1v) is 7.53. The molecule has 2 aromatic rings. The average molecular weight is 281 g/mol. The summed E-state index contributed by atoms with van der Waals surface area (Å²) in [6, 6.07) is 5.26. The van der Waals surface area contributed by atoms with Gasteiger partial charge in [-0.25, -0.2) is 24.0 Å². The van der Waals surface area contributed by atoms with E-state index in [1.54, 1.807) is 24.4 Å². The van der Waals surface area contributed by atoms with Crippen molar-refractivity contribution < 1.29 is 8.42 Å². The predicted molar refractivity (Wildman–Crippen MR) is 70.9 cm³/mol. The fraction of sp³-hybridized carbons (Fsp3) is 0.364. The van der Waals surface area contributed by atoms with Crippen molar-refractivity contribution in [3.63, 3.8) is 0 Å². The van der Waals surface area contributed by atoms with Gasteiger partial charge in [0.2, 0.25) is 0 Å². The van der Waals surface area contributed by atoms with Gasteiger partial charge in [0, 0.05) is 12.7 Å². The molecule has 0 radical (unpaired) electrons. The van der Waals surface area contributed by atoms with E-state index in [1.807, 2.05) is 0 Å². The van der Waals surface area contributed by atoms with E-state index in [9.17, 15) is 8.42 Å². The zero-order valence-electron chi connectivity index (χ0n) is 10.2. The van der Waals surface area contributed by atoms with Crippen molar-refractivity contribution in [2.75, 3.05) is 12.0 Å². The summed E-state index contributed by atoms with van der Waals surface area (Å²) in [5.74, 6) is 5.97. The third-order valence-electron chi connectivity index (χ3n) is 3.14. The number of hydrazine groups is 1. The molecule has 1 aliphatic carbocycles. The number of nitrogens with two attached hydrogens (primary N) is 1. The average Bonchev–Trinajstić information content (AvgIpc) is 3.14. The lowest BCUT2D eigenvalue weighted by Crippen LogP contribution is -2.28. The Hall–Kier alpha value is -1.64. The van der Waals surface area contributed by atoms with E-state index in [0.29, 0.717) is 18.1 Å². The second kappa shape index (κ2) is 4.48. The largest absolute Gasteiger partial charge is 0.306 e. The van der Waals surface area contributed by atoms with Crippen molar-refractivity contribution in [1.82, 2.24) is 14.1 Å². The van der Waals surface area contributed by atoms with Crippen LogP contribution in [0.1, 0.15) is 12.8 Å². The summed E-state index contributed by atoms with van der Waals surface area (Å²) in [5.41, 5.74) is 2.87. The lowest BCUT2D eigenvalue weighted by molar-refractivity contribution is 0.573. The number of imidazole rings is 1. The minimum atomic E-state index is -3.63. The molecule has 0 bridgehead atoms. The molecule has 1 fully saturated rings. The molecule has 3 rings (SSSR count). The van der Waals surface area contributed by atoms with Gasteiger partial charge in [0.1, 0.15) is 5.65 Å². The number of sulfonamides is 1. The van der Waals surface area contributed by atoms with Crippen LogP contribution in [0.4, 0.5) is 5.82 Å². The number of pyridine rings is 1. The summed E-state index contributed by atoms with van der Waals surface area (Å²) in [6.45, 7) is 0.465. The van der Waals surface area contributed by atoms with Gasteiger partial charge in [0.05, 0.1) is 0 Å². The van der Waals surface area contributed by atoms with Crippen molar-refractivity contribution in [2.45, 2.75) is 17.9 Å². The number of nitrogens with zero attached hydrogens (tertiary/aromatic N) is 2. The van der Waals surface area contributed by atoms with Crippen molar-refractivity contribution in [3.05, 3.63) is 24.4 Å². The van der Waals surface area contributed by atoms with Crippen LogP contribution in [0.25, 0.3) is 5.65 Å². The highest BCUT2D eigenvalue weighted by atomic mass is 32.2. The Labute approximate surface area is 110 Å². The van der Waals surface area contributed by atoms with Gasteiger partial charge in [-0.2, -0.15) is 0 Å². The number of hydrogen-bond donors (Lipinski definition) is 3. The van der Waals surface area contributed by atoms with Crippen LogP contribution < -0.4 is 16.0 Å². The third-order valence-corrected chi connectivity index (χ3v) is 4.58. The van der Waals surface area contributed by atoms with E-state index in [0.717, 1.165) is 12.8 Å². The molecule has 19 heavy (non-hydrogen) atoms. The minimum absolute atomic E-state index is 0.0475. The molecule has 0 aromatic carbocycles. The molecular formula is C11H15N5O2S. The molecule has 0 atom stereocenters. The van der Waals surface area contributed by atoms with E-state index in [1.165, 1.54) is 4.40 Å². The molecule has 7 nitrogen and oxygen atoms in total. The monoisotopic (exact) mass is 281 g/mol. The molecule has 0 amide bonds. The van der Waals surface area contributed by atoms with Gasteiger partial charge in [-0.05, 0) is 30.9 Å². The third kappa shape index (κ3) is 2.29. The lowest BCUT2D eigenvalue weighted by Gasteiger charge is -2.07. The number of anilines is 1. The standard InChI is InChI=1S/C11H15N5O2S/c12-15-10-11(16-6-2-1-3-9(16)14-10)19(17,18)13-7-8-4-5-8/h1-3,6,8,13,15H,4-5,7,12H2. The molecule has 2 heterocycles. The molecule has 0 saturated heterocycles. The van der Waals surface area contributed by atoms with Crippen LogP contribution in [-0.4, -0.2) is 24.3 Å². The van der Waals surface area contributed by atoms with Crippen LogP contribution in [0.15, 0.2) is 29.4 Å². The van der Waals surface area contributed by atoms with E-state index >= 15 is 0 Å². The highest BCUT2D eigenvalue weighted by molar-refractivity contribution is 7.89. The SMILES string of the molecule is NNc1nc2ccccn2c1S(=O)(=O)NCC1CC1. The summed E-state index contributed by atoms with van der Waals surface area (Å²) in [5, 5.41) is 0.0475. The molecule has 1 aliphatic rings. The van der Waals surface area contributed by atoms with E-state index in [2.05, 4.69) is 15.1 Å². The Bertz CT molecular complexity index is 705. The van der Waals surface area contributed by atoms with Crippen LogP contribution in [-0.2, 0) is 10.0 Å². The molecule has 0 unspecified atom stereocenters. The van der Waals surface area contributed by atoms with E-state index < -0.39 is 10.0 Å². The van der Waals surface area contributed by atoms with Gasteiger partial charge in [0.25, 0.3) is 10.0 Å². The van der Waals surface area contributed by atoms with Crippen molar-refractivity contribution >= 4 is 21.5 Å². The highest BCUT2D eigenvalue weighted by Crippen LogP contribution is 2.29. The number of aromatic nitrogens is 2. The summed E-state index contributed by atoms with van der Waals surface area (Å²) in [4.78, 5) is 4.15. The molecule has 2 aromatic heterocycles. The quantitative estimate of drug-likeness (QED) is 0.541. The molecule has 4 N–H and O–H groups in total. The van der Waals surface area contributed by atoms with Crippen LogP contribution in [0.5, 0.6) is 0 Å². The van der Waals surface area contributed by atoms with Crippen LogP contribution in [0.3, 0.4) is 0 Å². The van der Waals surface area contributed by atoms with Gasteiger partial charge >= 0.3 is 0 Å². The summed E-state index contributed by atoms with van der Waals surface area (Å²) in [7, 11) is -3.63. The van der Waals surface area contributed by atoms with Crippen LogP contribution >= 0.6 is 0 Å². The van der Waals surface area contributed by atoms with Crippen LogP contribution in [0, 0.1) is 5.92 Å². The zero-order valence-corrected chi connectivity index (χ0v) is 11.0. The molecular weight excluding hydrogens is 266 g/mol. The topological polar surface area (TPSA) is 102 Å². The normalized spacial score (nSPS) is 15.8. The maximum Gasteiger partial charge on any atom is 0.260 e. The van der Waals surface area contributed by atoms with Crippen LogP contribution in [0.2, 0.25) is 0 Å². The number of nitrogens with one attached hydrogen (secondary N) is 2. The minimum Gasteiger partial charge on any atom is -0.306 e. The number of rotatable bonds is 5. The second-order valence-corrected chi connectivity index (χ2v) is 6.32. The number of hydrogen-bond acceptors (Lipinski definition) is 5.